The van der Waals surface area contributed by atoms with Gasteiger partial charge in [-0.3, -0.25) is 0 Å². The Morgan fingerprint density at radius 2 is 1.82 bits per heavy atom. The van der Waals surface area contributed by atoms with Crippen molar-refractivity contribution in [1.82, 2.24) is 0 Å². The predicted molar refractivity (Wildman–Crippen MR) is 99.8 cm³/mol. The maximum Gasteiger partial charge on any atom is 0 e. The van der Waals surface area contributed by atoms with Crippen LogP contribution >= 0.6 is 0 Å². The summed E-state index contributed by atoms with van der Waals surface area (Å²) in [5.74, 6) is 0. The van der Waals surface area contributed by atoms with E-state index in [4.69, 9.17) is 0 Å². The molecule has 1 rings (SSSR count). The summed E-state index contributed by atoms with van der Waals surface area (Å²) in [5, 5.41) is 0. The first-order valence-corrected chi connectivity index (χ1v) is 8.00. The van der Waals surface area contributed by atoms with E-state index in [-0.39, 0.29) is 20.1 Å². The summed E-state index contributed by atoms with van der Waals surface area (Å²) in [6.07, 6.45) is 11.6. The minimum atomic E-state index is 0. The Kier molecular flexibility index (Phi) is 22.2. The third-order valence-corrected chi connectivity index (χ3v) is 3.46. The van der Waals surface area contributed by atoms with Crippen molar-refractivity contribution in [2.75, 3.05) is 0 Å². The zero-order chi connectivity index (χ0) is 16.7. The Balaban J connectivity index is -0.000000250. The molecule has 2 radical (unpaired) electrons. The average molecular weight is 480 g/mol. The van der Waals surface area contributed by atoms with Crippen molar-refractivity contribution in [3.05, 3.63) is 67.0 Å². The van der Waals surface area contributed by atoms with Crippen LogP contribution in [0.15, 0.2) is 30.9 Å². The Labute approximate surface area is 153 Å². The van der Waals surface area contributed by atoms with Crippen LogP contribution in [-0.4, -0.2) is 0 Å². The fraction of sp³-hybridized carbons (Fsp3) is 0.476. The van der Waals surface area contributed by atoms with Gasteiger partial charge in [0.15, 0.2) is 0 Å². The molecule has 0 aliphatic heterocycles. The van der Waals surface area contributed by atoms with E-state index in [0.29, 0.717) is 0 Å². The molecule has 0 heterocycles. The molecule has 0 unspecified atom stereocenters. The molecule has 0 saturated heterocycles. The zero-order valence-electron chi connectivity index (χ0n) is 15.3. The molecule has 0 nitrogen and oxygen atoms in total. The smallest absolute Gasteiger partial charge is 0 e. The fourth-order valence-corrected chi connectivity index (χ4v) is 1.71. The van der Waals surface area contributed by atoms with Gasteiger partial charge in [0.25, 0.3) is 0 Å². The molecule has 0 amide bonds. The van der Waals surface area contributed by atoms with Crippen LogP contribution in [0, 0.1) is 41.5 Å². The summed E-state index contributed by atoms with van der Waals surface area (Å²) in [4.78, 5) is 0. The summed E-state index contributed by atoms with van der Waals surface area (Å²) in [6.45, 7) is 21.6. The molecule has 130 valence electrons. The van der Waals surface area contributed by atoms with E-state index in [1.54, 1.807) is 0 Å². The van der Waals surface area contributed by atoms with Gasteiger partial charge in [0.05, 0.1) is 0 Å². The van der Waals surface area contributed by atoms with Crippen LogP contribution in [0.4, 0.5) is 0 Å². The Hall–Kier alpha value is -0.521. The summed E-state index contributed by atoms with van der Waals surface area (Å²) < 4.78 is 0. The summed E-state index contributed by atoms with van der Waals surface area (Å²) in [7, 11) is 0. The van der Waals surface area contributed by atoms with Crippen molar-refractivity contribution >= 4 is 0 Å². The van der Waals surface area contributed by atoms with Crippen LogP contribution in [0.5, 0.6) is 0 Å². The van der Waals surface area contributed by atoms with E-state index in [9.17, 15) is 0 Å². The van der Waals surface area contributed by atoms with Crippen LogP contribution in [0.1, 0.15) is 61.3 Å². The molecule has 0 fully saturated rings. The van der Waals surface area contributed by atoms with Gasteiger partial charge >= 0.3 is 0 Å². The molecule has 1 heteroatoms. The van der Waals surface area contributed by atoms with Crippen molar-refractivity contribution in [2.24, 2.45) is 0 Å². The molecule has 0 aromatic heterocycles. The molecule has 0 spiro atoms. The van der Waals surface area contributed by atoms with Gasteiger partial charge in [0, 0.05) is 20.1 Å². The topological polar surface area (TPSA) is 0 Å². The van der Waals surface area contributed by atoms with Gasteiger partial charge < -0.3 is 6.92 Å². The largest absolute Gasteiger partial charge is 0.343 e. The average Bonchev–Trinajstić information content (AvgIpc) is 2.70. The third-order valence-electron chi connectivity index (χ3n) is 3.46. The Morgan fingerprint density at radius 1 is 1.23 bits per heavy atom. The van der Waals surface area contributed by atoms with Gasteiger partial charge in [0.1, 0.15) is 0 Å². The molecule has 1 aromatic rings. The maximum atomic E-state index is 3.68. The third kappa shape index (κ3) is 14.4. The molecule has 0 aliphatic carbocycles. The minimum absolute atomic E-state index is 0. The second-order valence-corrected chi connectivity index (χ2v) is 5.30. The number of aryl methyl sites for hydroxylation is 2. The first-order chi connectivity index (χ1) is 9.95. The standard InChI is InChI=1S/C9H13.2C6H11.Ir/c1-6-5-7(2)9(4)8(6)3;2*1-3-5-6-4-2;/h5H,1-4H3;3,5H,1,4,6H2,2H3;3H,1-2,4-6H2;/q-1;;-1;/b;5-3+;;. The zero-order valence-corrected chi connectivity index (χ0v) is 17.7. The van der Waals surface area contributed by atoms with Crippen LogP contribution < -0.4 is 0 Å². The Morgan fingerprint density at radius 3 is 1.95 bits per heavy atom. The maximum absolute atomic E-state index is 3.68. The summed E-state index contributed by atoms with van der Waals surface area (Å²) in [6, 6.07) is 2.24. The second kappa shape index (κ2) is 18.5. The van der Waals surface area contributed by atoms with Gasteiger partial charge in [-0.2, -0.15) is 34.7 Å². The monoisotopic (exact) mass is 480 g/mol. The van der Waals surface area contributed by atoms with Crippen LogP contribution in [-0.2, 0) is 20.1 Å². The van der Waals surface area contributed by atoms with E-state index in [1.807, 2.05) is 12.2 Å². The van der Waals surface area contributed by atoms with Crippen LogP contribution in [0.3, 0.4) is 0 Å². The van der Waals surface area contributed by atoms with Crippen LogP contribution in [0.2, 0.25) is 0 Å². The second-order valence-electron chi connectivity index (χ2n) is 5.30. The summed E-state index contributed by atoms with van der Waals surface area (Å²) in [5.41, 5.74) is 5.75. The first kappa shape index (κ1) is 26.4. The molecule has 0 N–H and O–H groups in total. The van der Waals surface area contributed by atoms with E-state index >= 15 is 0 Å². The van der Waals surface area contributed by atoms with E-state index in [2.05, 4.69) is 67.2 Å². The van der Waals surface area contributed by atoms with E-state index < -0.39 is 0 Å². The van der Waals surface area contributed by atoms with Crippen molar-refractivity contribution in [3.8, 4) is 0 Å². The fourth-order valence-electron chi connectivity index (χ4n) is 1.71. The summed E-state index contributed by atoms with van der Waals surface area (Å²) >= 11 is 0. The number of rotatable bonds is 5. The minimum Gasteiger partial charge on any atom is -0.343 e. The van der Waals surface area contributed by atoms with Crippen molar-refractivity contribution in [3.63, 3.8) is 0 Å². The van der Waals surface area contributed by atoms with Crippen LogP contribution in [0.25, 0.3) is 0 Å². The molecule has 0 saturated carbocycles. The number of hydrogen-bond donors (Lipinski definition) is 0. The van der Waals surface area contributed by atoms with Crippen molar-refractivity contribution < 1.29 is 20.1 Å². The number of hydrogen-bond acceptors (Lipinski definition) is 0. The molecular weight excluding hydrogens is 444 g/mol. The van der Waals surface area contributed by atoms with E-state index in [1.165, 1.54) is 41.5 Å². The Bertz CT molecular complexity index is 360. The van der Waals surface area contributed by atoms with Gasteiger partial charge in [-0.25, -0.2) is 0 Å². The van der Waals surface area contributed by atoms with Crippen molar-refractivity contribution in [2.45, 2.75) is 66.7 Å². The number of unbranched alkanes of at least 4 members (excludes halogenated alkanes) is 3. The van der Waals surface area contributed by atoms with Crippen molar-refractivity contribution in [1.29, 1.82) is 0 Å². The molecule has 1 aromatic carbocycles. The quantitative estimate of drug-likeness (QED) is 0.242. The first-order valence-electron chi connectivity index (χ1n) is 8.00. The molecule has 0 aliphatic rings. The molecule has 22 heavy (non-hydrogen) atoms. The van der Waals surface area contributed by atoms with Gasteiger partial charge in [-0.15, -0.1) is 6.58 Å². The predicted octanol–water partition coefficient (Wildman–Crippen LogP) is 6.99. The van der Waals surface area contributed by atoms with Gasteiger partial charge in [0.2, 0.25) is 0 Å². The molecule has 0 bridgehead atoms. The number of allylic oxidation sites excluding steroid dienone is 3. The molecule has 0 atom stereocenters. The SMILES string of the molecule is C=CCCC[CH2-].Cc1c[c-](C)c(C)c1C.[CH2]/C=C/CCC.[Ir]. The van der Waals surface area contributed by atoms with Gasteiger partial charge in [-0.1, -0.05) is 65.7 Å². The van der Waals surface area contributed by atoms with E-state index in [0.717, 1.165) is 12.8 Å². The normalized spacial score (nSPS) is 9.23. The van der Waals surface area contributed by atoms with Gasteiger partial charge in [-0.05, 0) is 19.8 Å². The molecular formula is C21H35Ir-2.